The van der Waals surface area contributed by atoms with Crippen LogP contribution in [0.3, 0.4) is 0 Å². The number of carbonyl (C=O) groups is 2. The normalized spacial score (nSPS) is 17.4. The van der Waals surface area contributed by atoms with E-state index < -0.39 is 0 Å². The minimum atomic E-state index is -0.133. The van der Waals surface area contributed by atoms with E-state index in [0.717, 1.165) is 55.1 Å². The number of piperidine rings is 1. The molecule has 2 aromatic rings. The summed E-state index contributed by atoms with van der Waals surface area (Å²) in [6, 6.07) is 7.20. The molecule has 148 valence electrons. The fourth-order valence-corrected chi connectivity index (χ4v) is 3.91. The second-order valence-electron chi connectivity index (χ2n) is 7.41. The number of aryl methyl sites for hydroxylation is 1. The number of carbonyl (C=O) groups excluding carboxylic acids is 2. The Kier molecular flexibility index (Phi) is 5.57. The molecule has 1 saturated carbocycles. The molecule has 0 atom stereocenters. The molecule has 0 bridgehead atoms. The van der Waals surface area contributed by atoms with Crippen LogP contribution in [0, 0.1) is 12.8 Å². The predicted molar refractivity (Wildman–Crippen MR) is 105 cm³/mol. The van der Waals surface area contributed by atoms with Crippen molar-refractivity contribution in [1.82, 2.24) is 19.8 Å². The summed E-state index contributed by atoms with van der Waals surface area (Å²) in [5, 5.41) is 6.83. The van der Waals surface area contributed by atoms with Crippen LogP contribution in [-0.4, -0.2) is 45.5 Å². The van der Waals surface area contributed by atoms with Gasteiger partial charge >= 0.3 is 0 Å². The maximum Gasteiger partial charge on any atom is 0.251 e. The van der Waals surface area contributed by atoms with E-state index in [-0.39, 0.29) is 17.9 Å². The highest BCUT2D eigenvalue weighted by atomic mass is 32.1. The van der Waals surface area contributed by atoms with Crippen LogP contribution in [0.25, 0.3) is 0 Å². The quantitative estimate of drug-likeness (QED) is 0.806. The molecule has 2 aliphatic rings. The molecule has 0 spiro atoms. The van der Waals surface area contributed by atoms with E-state index in [1.807, 2.05) is 24.0 Å². The largest absolute Gasteiger partial charge is 0.490 e. The minimum absolute atomic E-state index is 0.115. The molecular formula is C20H24N4O3S. The number of benzene rings is 1. The van der Waals surface area contributed by atoms with Crippen molar-refractivity contribution in [3.8, 4) is 5.75 Å². The lowest BCUT2D eigenvalue weighted by molar-refractivity contribution is -0.134. The van der Waals surface area contributed by atoms with Gasteiger partial charge in [-0.1, -0.05) is 4.49 Å². The van der Waals surface area contributed by atoms with E-state index in [1.54, 1.807) is 12.1 Å². The van der Waals surface area contributed by atoms with Gasteiger partial charge in [0.2, 0.25) is 5.91 Å². The SMILES string of the molecule is Cc1nnsc1CNC(=O)c1ccc(OC2CCN(C(=O)C3CC3)CC2)cc1. The number of hydrogen-bond donors (Lipinski definition) is 1. The number of ether oxygens (including phenoxy) is 1. The molecule has 1 aliphatic carbocycles. The first kappa shape index (κ1) is 18.9. The molecule has 1 N–H and O–H groups in total. The average molecular weight is 401 g/mol. The average Bonchev–Trinajstić information content (AvgIpc) is 3.49. The summed E-state index contributed by atoms with van der Waals surface area (Å²) in [6.07, 6.45) is 3.92. The Balaban J connectivity index is 1.25. The maximum atomic E-state index is 12.3. The fourth-order valence-electron chi connectivity index (χ4n) is 3.34. The molecule has 4 rings (SSSR count). The molecule has 1 saturated heterocycles. The van der Waals surface area contributed by atoms with Crippen molar-refractivity contribution in [3.63, 3.8) is 0 Å². The van der Waals surface area contributed by atoms with Gasteiger partial charge in [0.15, 0.2) is 0 Å². The van der Waals surface area contributed by atoms with Gasteiger partial charge in [-0.2, -0.15) is 0 Å². The first-order chi connectivity index (χ1) is 13.6. The van der Waals surface area contributed by atoms with E-state index in [9.17, 15) is 9.59 Å². The van der Waals surface area contributed by atoms with Gasteiger partial charge in [-0.25, -0.2) is 0 Å². The summed E-state index contributed by atoms with van der Waals surface area (Å²) >= 11 is 1.30. The second kappa shape index (κ2) is 8.26. The van der Waals surface area contributed by atoms with Crippen LogP contribution < -0.4 is 10.1 Å². The molecule has 0 unspecified atom stereocenters. The van der Waals surface area contributed by atoms with Gasteiger partial charge in [0, 0.05) is 37.4 Å². The summed E-state index contributed by atoms with van der Waals surface area (Å²) in [5.41, 5.74) is 1.44. The second-order valence-corrected chi connectivity index (χ2v) is 8.24. The number of rotatable bonds is 6. The van der Waals surface area contributed by atoms with Crippen LogP contribution in [0.4, 0.5) is 0 Å². The van der Waals surface area contributed by atoms with Gasteiger partial charge in [-0.15, -0.1) is 5.10 Å². The Bertz CT molecular complexity index is 839. The van der Waals surface area contributed by atoms with Crippen molar-refractivity contribution in [2.45, 2.75) is 45.3 Å². The van der Waals surface area contributed by atoms with Gasteiger partial charge < -0.3 is 15.0 Å². The third-order valence-corrected chi connectivity index (χ3v) is 6.08. The third kappa shape index (κ3) is 4.49. The molecule has 28 heavy (non-hydrogen) atoms. The Morgan fingerprint density at radius 3 is 2.50 bits per heavy atom. The van der Waals surface area contributed by atoms with Crippen molar-refractivity contribution in [2.75, 3.05) is 13.1 Å². The highest BCUT2D eigenvalue weighted by Gasteiger charge is 2.35. The lowest BCUT2D eigenvalue weighted by Crippen LogP contribution is -2.42. The number of likely N-dealkylation sites (tertiary alicyclic amines) is 1. The minimum Gasteiger partial charge on any atom is -0.490 e. The van der Waals surface area contributed by atoms with Crippen molar-refractivity contribution in [3.05, 3.63) is 40.4 Å². The van der Waals surface area contributed by atoms with Crippen molar-refractivity contribution < 1.29 is 14.3 Å². The summed E-state index contributed by atoms with van der Waals surface area (Å²) in [5.74, 6) is 1.22. The zero-order chi connectivity index (χ0) is 19.5. The van der Waals surface area contributed by atoms with E-state index in [2.05, 4.69) is 14.9 Å². The van der Waals surface area contributed by atoms with E-state index in [1.165, 1.54) is 11.5 Å². The Labute approximate surface area is 168 Å². The van der Waals surface area contributed by atoms with E-state index in [4.69, 9.17) is 4.74 Å². The number of nitrogens with one attached hydrogen (secondary N) is 1. The lowest BCUT2D eigenvalue weighted by atomic mass is 10.1. The summed E-state index contributed by atoms with van der Waals surface area (Å²) in [6.45, 7) is 3.85. The van der Waals surface area contributed by atoms with Gasteiger partial charge in [-0.05, 0) is 55.6 Å². The zero-order valence-electron chi connectivity index (χ0n) is 15.9. The molecule has 8 heteroatoms. The fraction of sp³-hybridized carbons (Fsp3) is 0.500. The molecule has 1 aliphatic heterocycles. The van der Waals surface area contributed by atoms with Crippen LogP contribution in [0.1, 0.15) is 46.6 Å². The molecule has 7 nitrogen and oxygen atoms in total. The smallest absolute Gasteiger partial charge is 0.251 e. The number of aromatic nitrogens is 2. The standard InChI is InChI=1S/C20H24N4O3S/c1-13-18(28-23-22-13)12-21-19(25)14-4-6-16(7-5-14)27-17-8-10-24(11-9-17)20(26)15-2-3-15/h4-7,15,17H,2-3,8-12H2,1H3,(H,21,25). The molecule has 0 radical (unpaired) electrons. The Hall–Kier alpha value is -2.48. The van der Waals surface area contributed by atoms with Gasteiger partial charge in [-0.3, -0.25) is 9.59 Å². The number of nitrogens with zero attached hydrogens (tertiary/aromatic N) is 3. The summed E-state index contributed by atoms with van der Waals surface area (Å²) < 4.78 is 9.91. The summed E-state index contributed by atoms with van der Waals surface area (Å²) in [4.78, 5) is 27.3. The molecule has 2 amide bonds. The molecular weight excluding hydrogens is 376 g/mol. The highest BCUT2D eigenvalue weighted by Crippen LogP contribution is 2.32. The van der Waals surface area contributed by atoms with Gasteiger partial charge in [0.25, 0.3) is 5.91 Å². The molecule has 1 aromatic heterocycles. The maximum absolute atomic E-state index is 12.3. The highest BCUT2D eigenvalue weighted by molar-refractivity contribution is 7.05. The first-order valence-electron chi connectivity index (χ1n) is 9.71. The summed E-state index contributed by atoms with van der Waals surface area (Å²) in [7, 11) is 0. The molecule has 2 heterocycles. The monoisotopic (exact) mass is 400 g/mol. The zero-order valence-corrected chi connectivity index (χ0v) is 16.7. The lowest BCUT2D eigenvalue weighted by Gasteiger charge is -2.32. The molecule has 1 aromatic carbocycles. The molecule has 2 fully saturated rings. The van der Waals surface area contributed by atoms with Gasteiger partial charge in [0.05, 0.1) is 17.1 Å². The topological polar surface area (TPSA) is 84.4 Å². The van der Waals surface area contributed by atoms with Crippen molar-refractivity contribution >= 4 is 23.3 Å². The van der Waals surface area contributed by atoms with Crippen LogP contribution in [0.5, 0.6) is 5.75 Å². The number of amides is 2. The van der Waals surface area contributed by atoms with Crippen LogP contribution in [0.2, 0.25) is 0 Å². The Morgan fingerprint density at radius 2 is 1.89 bits per heavy atom. The first-order valence-corrected chi connectivity index (χ1v) is 10.5. The van der Waals surface area contributed by atoms with Gasteiger partial charge in [0.1, 0.15) is 11.9 Å². The van der Waals surface area contributed by atoms with Crippen molar-refractivity contribution in [2.24, 2.45) is 5.92 Å². The van der Waals surface area contributed by atoms with Crippen LogP contribution in [0.15, 0.2) is 24.3 Å². The van der Waals surface area contributed by atoms with E-state index in [0.29, 0.717) is 18.0 Å². The van der Waals surface area contributed by atoms with E-state index >= 15 is 0 Å². The third-order valence-electron chi connectivity index (χ3n) is 5.25. The van der Waals surface area contributed by atoms with Crippen LogP contribution >= 0.6 is 11.5 Å². The predicted octanol–water partition coefficient (Wildman–Crippen LogP) is 2.56. The van der Waals surface area contributed by atoms with Crippen molar-refractivity contribution in [1.29, 1.82) is 0 Å². The van der Waals surface area contributed by atoms with Crippen LogP contribution in [-0.2, 0) is 11.3 Å². The number of hydrogen-bond acceptors (Lipinski definition) is 6. The Morgan fingerprint density at radius 1 is 1.18 bits per heavy atom.